The van der Waals surface area contributed by atoms with E-state index in [0.29, 0.717) is 17.7 Å². The molecule has 0 unspecified atom stereocenters. The number of hydrogen-bond donors (Lipinski definition) is 0. The van der Waals surface area contributed by atoms with Gasteiger partial charge in [0.05, 0.1) is 7.11 Å². The Bertz CT molecular complexity index is 602. The Morgan fingerprint density at radius 1 is 1.04 bits per heavy atom. The van der Waals surface area contributed by atoms with E-state index in [1.54, 1.807) is 7.11 Å². The second-order valence-electron chi connectivity index (χ2n) is 6.90. The maximum atomic E-state index is 12.8. The second kappa shape index (κ2) is 5.91. The van der Waals surface area contributed by atoms with E-state index in [1.165, 1.54) is 12.1 Å². The van der Waals surface area contributed by atoms with Gasteiger partial charge in [-0.3, -0.25) is 4.79 Å². The number of piperazine rings is 1. The first-order chi connectivity index (χ1) is 11.2. The maximum absolute atomic E-state index is 12.8. The van der Waals surface area contributed by atoms with E-state index in [0.717, 1.165) is 38.3 Å². The van der Waals surface area contributed by atoms with E-state index >= 15 is 0 Å². The predicted octanol–water partition coefficient (Wildman–Crippen LogP) is 2.56. The molecule has 2 fully saturated rings. The first kappa shape index (κ1) is 14.6. The van der Waals surface area contributed by atoms with Crippen molar-refractivity contribution < 1.29 is 9.53 Å². The van der Waals surface area contributed by atoms with Gasteiger partial charge < -0.3 is 14.5 Å². The molecule has 1 aromatic carbocycles. The summed E-state index contributed by atoms with van der Waals surface area (Å²) in [7, 11) is 1.68. The molecule has 4 heteroatoms. The van der Waals surface area contributed by atoms with Crippen LogP contribution in [0.15, 0.2) is 36.4 Å². The topological polar surface area (TPSA) is 32.8 Å². The second-order valence-corrected chi connectivity index (χ2v) is 6.90. The summed E-state index contributed by atoms with van der Waals surface area (Å²) < 4.78 is 5.21. The van der Waals surface area contributed by atoms with Gasteiger partial charge in [-0.15, -0.1) is 0 Å². The molecule has 0 radical (unpaired) electrons. The molecule has 1 saturated heterocycles. The molecule has 0 spiro atoms. The van der Waals surface area contributed by atoms with Crippen LogP contribution in [0, 0.1) is 17.8 Å². The molecule has 1 amide bonds. The van der Waals surface area contributed by atoms with E-state index in [2.05, 4.69) is 34.1 Å². The highest BCUT2D eigenvalue weighted by Crippen LogP contribution is 2.44. The summed E-state index contributed by atoms with van der Waals surface area (Å²) in [6.45, 7) is 3.49. The molecule has 2 bridgehead atoms. The monoisotopic (exact) mass is 312 g/mol. The van der Waals surface area contributed by atoms with Gasteiger partial charge in [0.15, 0.2) is 0 Å². The number of allylic oxidation sites excluding steroid dienone is 2. The third-order valence-corrected chi connectivity index (χ3v) is 5.63. The quantitative estimate of drug-likeness (QED) is 0.804. The van der Waals surface area contributed by atoms with E-state index in [4.69, 9.17) is 4.74 Å². The van der Waals surface area contributed by atoms with Crippen molar-refractivity contribution >= 4 is 11.6 Å². The Morgan fingerprint density at radius 3 is 2.35 bits per heavy atom. The van der Waals surface area contributed by atoms with Crippen molar-refractivity contribution in [2.75, 3.05) is 38.2 Å². The van der Waals surface area contributed by atoms with Gasteiger partial charge in [0.1, 0.15) is 5.75 Å². The van der Waals surface area contributed by atoms with Crippen molar-refractivity contribution in [3.8, 4) is 5.75 Å². The lowest BCUT2D eigenvalue weighted by molar-refractivity contribution is -0.136. The molecule has 0 N–H and O–H groups in total. The van der Waals surface area contributed by atoms with Crippen molar-refractivity contribution in [2.24, 2.45) is 17.8 Å². The van der Waals surface area contributed by atoms with Crippen LogP contribution < -0.4 is 9.64 Å². The van der Waals surface area contributed by atoms with Crippen molar-refractivity contribution in [1.82, 2.24) is 4.90 Å². The first-order valence-corrected chi connectivity index (χ1v) is 8.60. The normalized spacial score (nSPS) is 29.2. The Balaban J connectivity index is 1.35. The number of rotatable bonds is 3. The number of ether oxygens (including phenoxy) is 1. The molecule has 1 aliphatic heterocycles. The number of fused-ring (bicyclic) bond motifs is 2. The third-order valence-electron chi connectivity index (χ3n) is 5.63. The largest absolute Gasteiger partial charge is 0.497 e. The number of benzene rings is 1. The predicted molar refractivity (Wildman–Crippen MR) is 90.6 cm³/mol. The van der Waals surface area contributed by atoms with E-state index in [-0.39, 0.29) is 5.92 Å². The fraction of sp³-hybridized carbons (Fsp3) is 0.526. The smallest absolute Gasteiger partial charge is 0.226 e. The number of methoxy groups -OCH3 is 1. The van der Waals surface area contributed by atoms with Crippen LogP contribution >= 0.6 is 0 Å². The maximum Gasteiger partial charge on any atom is 0.226 e. The molecule has 122 valence electrons. The molecule has 4 rings (SSSR count). The zero-order valence-electron chi connectivity index (χ0n) is 13.6. The molecule has 1 heterocycles. The van der Waals surface area contributed by atoms with Crippen LogP contribution in [0.5, 0.6) is 5.75 Å². The van der Waals surface area contributed by atoms with Gasteiger partial charge >= 0.3 is 0 Å². The molecular weight excluding hydrogens is 288 g/mol. The SMILES string of the molecule is COc1ccc(N2CCN(C(=O)[C@H]3C[C@H]4C=C[C@H]3C4)CC2)cc1. The number of amides is 1. The summed E-state index contributed by atoms with van der Waals surface area (Å²) in [6.07, 6.45) is 6.83. The highest BCUT2D eigenvalue weighted by atomic mass is 16.5. The molecule has 3 atom stereocenters. The highest BCUT2D eigenvalue weighted by Gasteiger charge is 2.41. The summed E-state index contributed by atoms with van der Waals surface area (Å²) in [5, 5.41) is 0. The molecule has 1 saturated carbocycles. The third kappa shape index (κ3) is 2.71. The zero-order valence-corrected chi connectivity index (χ0v) is 13.6. The molecule has 23 heavy (non-hydrogen) atoms. The van der Waals surface area contributed by atoms with Gasteiger partial charge in [0.2, 0.25) is 5.91 Å². The summed E-state index contributed by atoms with van der Waals surface area (Å²) in [5.74, 6) is 2.68. The van der Waals surface area contributed by atoms with E-state index < -0.39 is 0 Å². The molecule has 0 aromatic heterocycles. The van der Waals surface area contributed by atoms with Gasteiger partial charge in [0.25, 0.3) is 0 Å². The van der Waals surface area contributed by atoms with Gasteiger partial charge in [-0.2, -0.15) is 0 Å². The summed E-state index contributed by atoms with van der Waals surface area (Å²) >= 11 is 0. The molecule has 3 aliphatic rings. The minimum Gasteiger partial charge on any atom is -0.497 e. The summed E-state index contributed by atoms with van der Waals surface area (Å²) in [6, 6.07) is 8.18. The fourth-order valence-electron chi connectivity index (χ4n) is 4.28. The number of carbonyl (C=O) groups is 1. The van der Waals surface area contributed by atoms with Gasteiger partial charge in [-0.25, -0.2) is 0 Å². The Hall–Kier alpha value is -1.97. The Kier molecular flexibility index (Phi) is 3.76. The van der Waals surface area contributed by atoms with Crippen LogP contribution in [-0.4, -0.2) is 44.1 Å². The lowest BCUT2D eigenvalue weighted by atomic mass is 9.92. The van der Waals surface area contributed by atoms with E-state index in [1.807, 2.05) is 12.1 Å². The van der Waals surface area contributed by atoms with Crippen LogP contribution in [0.3, 0.4) is 0 Å². The van der Waals surface area contributed by atoms with Crippen molar-refractivity contribution in [2.45, 2.75) is 12.8 Å². The first-order valence-electron chi connectivity index (χ1n) is 8.60. The van der Waals surface area contributed by atoms with E-state index in [9.17, 15) is 4.79 Å². The fourth-order valence-corrected chi connectivity index (χ4v) is 4.28. The molecule has 4 nitrogen and oxygen atoms in total. The van der Waals surface area contributed by atoms with Crippen LogP contribution in [0.4, 0.5) is 5.69 Å². The summed E-state index contributed by atoms with van der Waals surface area (Å²) in [4.78, 5) is 17.2. The Morgan fingerprint density at radius 2 is 1.78 bits per heavy atom. The van der Waals surface area contributed by atoms with Crippen molar-refractivity contribution in [3.05, 3.63) is 36.4 Å². The van der Waals surface area contributed by atoms with Crippen molar-refractivity contribution in [1.29, 1.82) is 0 Å². The standard InChI is InChI=1S/C19H24N2O2/c1-23-17-6-4-16(5-7-17)20-8-10-21(11-9-20)19(22)18-13-14-2-3-15(18)12-14/h2-7,14-15,18H,8-13H2,1H3/t14-,15-,18-/m0/s1. The molecule has 2 aliphatic carbocycles. The number of carbonyl (C=O) groups excluding carboxylic acids is 1. The van der Waals surface area contributed by atoms with Crippen molar-refractivity contribution in [3.63, 3.8) is 0 Å². The zero-order chi connectivity index (χ0) is 15.8. The number of anilines is 1. The lowest BCUT2D eigenvalue weighted by Crippen LogP contribution is -2.50. The van der Waals surface area contributed by atoms with Gasteiger partial charge in [-0.1, -0.05) is 12.2 Å². The van der Waals surface area contributed by atoms with Gasteiger partial charge in [0, 0.05) is 37.8 Å². The van der Waals surface area contributed by atoms with Crippen LogP contribution in [-0.2, 0) is 4.79 Å². The average Bonchev–Trinajstić information content (AvgIpc) is 3.25. The number of hydrogen-bond acceptors (Lipinski definition) is 3. The van der Waals surface area contributed by atoms with Gasteiger partial charge in [-0.05, 0) is 48.9 Å². The highest BCUT2D eigenvalue weighted by molar-refractivity contribution is 5.80. The van der Waals surface area contributed by atoms with Crippen LogP contribution in [0.25, 0.3) is 0 Å². The minimum atomic E-state index is 0.248. The average molecular weight is 312 g/mol. The summed E-state index contributed by atoms with van der Waals surface area (Å²) in [5.41, 5.74) is 1.21. The molecular formula is C19H24N2O2. The molecule has 1 aromatic rings. The number of nitrogens with zero attached hydrogens (tertiary/aromatic N) is 2. The Labute approximate surface area is 137 Å². The van der Waals surface area contributed by atoms with Crippen LogP contribution in [0.2, 0.25) is 0 Å². The minimum absolute atomic E-state index is 0.248. The van der Waals surface area contributed by atoms with Crippen LogP contribution in [0.1, 0.15) is 12.8 Å². The lowest BCUT2D eigenvalue weighted by Gasteiger charge is -2.38.